The van der Waals surface area contributed by atoms with Crippen LogP contribution in [-0.2, 0) is 20.0 Å². The molecule has 0 saturated heterocycles. The van der Waals surface area contributed by atoms with Crippen LogP contribution < -0.4 is 19.5 Å². The molecule has 36 heavy (non-hydrogen) atoms. The van der Waals surface area contributed by atoms with Crippen LogP contribution in [0.5, 0.6) is 11.5 Å². The number of nitrogens with one attached hydrogen (secondary N) is 3. The molecule has 0 atom stereocenters. The van der Waals surface area contributed by atoms with Crippen molar-refractivity contribution in [3.05, 3.63) is 71.8 Å². The van der Waals surface area contributed by atoms with E-state index in [0.29, 0.717) is 18.4 Å². The molecule has 0 spiro atoms. The molecule has 0 amide bonds. The summed E-state index contributed by atoms with van der Waals surface area (Å²) < 4.78 is 89.2. The topological polar surface area (TPSA) is 114 Å². The van der Waals surface area contributed by atoms with Crippen molar-refractivity contribution in [1.82, 2.24) is 0 Å². The normalized spacial score (nSPS) is 13.8. The largest absolute Gasteiger partial charge is 0.455 e. The van der Waals surface area contributed by atoms with E-state index in [-0.39, 0.29) is 40.0 Å². The van der Waals surface area contributed by atoms with Crippen molar-refractivity contribution >= 4 is 42.8 Å². The smallest absolute Gasteiger partial charge is 0.235 e. The Balaban J connectivity index is 1.75. The third kappa shape index (κ3) is 6.24. The Morgan fingerprint density at radius 2 is 1.69 bits per heavy atom. The van der Waals surface area contributed by atoms with Crippen LogP contribution in [0.25, 0.3) is 0 Å². The lowest BCUT2D eigenvalue weighted by Crippen LogP contribution is -2.19. The first kappa shape index (κ1) is 25.7. The van der Waals surface area contributed by atoms with Gasteiger partial charge in [-0.1, -0.05) is 12.1 Å². The van der Waals surface area contributed by atoms with E-state index in [2.05, 4.69) is 14.8 Å². The number of halogens is 2. The number of rotatable bonds is 10. The molecule has 1 saturated carbocycles. The quantitative estimate of drug-likeness (QED) is 0.316. The van der Waals surface area contributed by atoms with Crippen LogP contribution in [0, 0.1) is 18.6 Å². The second-order valence-electron chi connectivity index (χ2n) is 8.42. The summed E-state index contributed by atoms with van der Waals surface area (Å²) in [5, 5.41) is 2.16. The molecule has 1 aliphatic carbocycles. The first-order valence-electron chi connectivity index (χ1n) is 11.1. The zero-order valence-corrected chi connectivity index (χ0v) is 21.1. The molecular weight excluding hydrogens is 512 g/mol. The summed E-state index contributed by atoms with van der Waals surface area (Å²) >= 11 is 0. The zero-order chi connectivity index (χ0) is 26.1. The van der Waals surface area contributed by atoms with Crippen molar-refractivity contribution in [2.45, 2.75) is 31.9 Å². The third-order valence-corrected chi connectivity index (χ3v) is 8.53. The minimum absolute atomic E-state index is 0.0139. The highest BCUT2D eigenvalue weighted by Gasteiger charge is 2.37. The van der Waals surface area contributed by atoms with Gasteiger partial charge in [0.25, 0.3) is 0 Å². The molecular formula is C24H25F2N3O5S2. The van der Waals surface area contributed by atoms with E-state index in [4.69, 9.17) is 4.74 Å². The third-order valence-electron chi connectivity index (χ3n) is 5.38. The SMILES string of the molecule is CCS(=O)(=O)Nc1cccc(Oc2cc(F)cc(Nc3ccc(C)cc3F)c2NS(=O)(=O)C2CC2)c1. The molecule has 0 radical (unpaired) electrons. The number of anilines is 4. The highest BCUT2D eigenvalue weighted by atomic mass is 32.2. The van der Waals surface area contributed by atoms with Crippen LogP contribution in [0.2, 0.25) is 0 Å². The van der Waals surface area contributed by atoms with Gasteiger partial charge < -0.3 is 10.1 Å². The first-order chi connectivity index (χ1) is 17.0. The van der Waals surface area contributed by atoms with Gasteiger partial charge in [-0.3, -0.25) is 9.44 Å². The molecule has 4 rings (SSSR count). The van der Waals surface area contributed by atoms with Crippen LogP contribution in [-0.4, -0.2) is 27.8 Å². The fourth-order valence-corrected chi connectivity index (χ4v) is 5.39. The fraction of sp³-hybridized carbons (Fsp3) is 0.250. The Hall–Kier alpha value is -3.38. The van der Waals surface area contributed by atoms with E-state index in [9.17, 15) is 25.6 Å². The molecule has 1 fully saturated rings. The van der Waals surface area contributed by atoms with Crippen molar-refractivity contribution in [1.29, 1.82) is 0 Å². The molecule has 0 heterocycles. The molecule has 3 N–H and O–H groups in total. The van der Waals surface area contributed by atoms with Gasteiger partial charge in [0.2, 0.25) is 20.0 Å². The van der Waals surface area contributed by atoms with Gasteiger partial charge in [0.15, 0.2) is 5.75 Å². The van der Waals surface area contributed by atoms with Crippen LogP contribution >= 0.6 is 0 Å². The second-order valence-corrected chi connectivity index (χ2v) is 12.4. The summed E-state index contributed by atoms with van der Waals surface area (Å²) in [5.41, 5.74) is 0.739. The Morgan fingerprint density at radius 3 is 2.36 bits per heavy atom. The Labute approximate surface area is 208 Å². The van der Waals surface area contributed by atoms with Crippen molar-refractivity contribution in [3.8, 4) is 11.5 Å². The molecule has 1 aliphatic rings. The van der Waals surface area contributed by atoms with E-state index in [1.54, 1.807) is 13.0 Å². The number of hydrogen-bond acceptors (Lipinski definition) is 6. The average molecular weight is 538 g/mol. The summed E-state index contributed by atoms with van der Waals surface area (Å²) in [5.74, 6) is -1.58. The predicted molar refractivity (Wildman–Crippen MR) is 136 cm³/mol. The molecule has 0 aromatic heterocycles. The molecule has 0 unspecified atom stereocenters. The van der Waals surface area contributed by atoms with Gasteiger partial charge in [0.1, 0.15) is 23.1 Å². The van der Waals surface area contributed by atoms with Crippen LogP contribution in [0.3, 0.4) is 0 Å². The van der Waals surface area contributed by atoms with Crippen molar-refractivity contribution in [3.63, 3.8) is 0 Å². The summed E-state index contributed by atoms with van der Waals surface area (Å²) in [6.45, 7) is 3.20. The molecule has 0 bridgehead atoms. The average Bonchev–Trinajstić information content (AvgIpc) is 3.64. The minimum Gasteiger partial charge on any atom is -0.455 e. The predicted octanol–water partition coefficient (Wildman–Crippen LogP) is 5.47. The molecule has 3 aromatic carbocycles. The monoisotopic (exact) mass is 537 g/mol. The Kier molecular flexibility index (Phi) is 7.10. The van der Waals surface area contributed by atoms with Crippen molar-refractivity contribution in [2.24, 2.45) is 0 Å². The number of aryl methyl sites for hydroxylation is 1. The number of ether oxygens (including phenoxy) is 1. The van der Waals surface area contributed by atoms with E-state index in [1.807, 2.05) is 0 Å². The van der Waals surface area contributed by atoms with Gasteiger partial charge in [0, 0.05) is 12.1 Å². The van der Waals surface area contributed by atoms with Gasteiger partial charge in [-0.2, -0.15) is 0 Å². The first-order valence-corrected chi connectivity index (χ1v) is 14.3. The minimum atomic E-state index is -3.81. The van der Waals surface area contributed by atoms with E-state index >= 15 is 0 Å². The Bertz CT molecular complexity index is 1510. The van der Waals surface area contributed by atoms with Crippen LogP contribution in [0.1, 0.15) is 25.3 Å². The van der Waals surface area contributed by atoms with Crippen molar-refractivity contribution < 1.29 is 30.4 Å². The number of hydrogen-bond donors (Lipinski definition) is 3. The highest BCUT2D eigenvalue weighted by Crippen LogP contribution is 2.41. The molecule has 8 nitrogen and oxygen atoms in total. The summed E-state index contributed by atoms with van der Waals surface area (Å²) in [4.78, 5) is 0. The maximum Gasteiger partial charge on any atom is 0.235 e. The molecule has 0 aliphatic heterocycles. The number of benzene rings is 3. The van der Waals surface area contributed by atoms with Gasteiger partial charge >= 0.3 is 0 Å². The maximum absolute atomic E-state index is 14.6. The summed E-state index contributed by atoms with van der Waals surface area (Å²) in [7, 11) is -7.37. The van der Waals surface area contributed by atoms with Gasteiger partial charge in [-0.25, -0.2) is 25.6 Å². The lowest BCUT2D eigenvalue weighted by Gasteiger charge is -2.19. The van der Waals surface area contributed by atoms with E-state index in [0.717, 1.165) is 12.1 Å². The lowest BCUT2D eigenvalue weighted by atomic mass is 10.2. The van der Waals surface area contributed by atoms with E-state index in [1.165, 1.54) is 43.3 Å². The highest BCUT2D eigenvalue weighted by molar-refractivity contribution is 7.93. The van der Waals surface area contributed by atoms with Crippen LogP contribution in [0.4, 0.5) is 31.5 Å². The van der Waals surface area contributed by atoms with Crippen LogP contribution in [0.15, 0.2) is 54.6 Å². The lowest BCUT2D eigenvalue weighted by molar-refractivity contribution is 0.479. The van der Waals surface area contributed by atoms with Crippen molar-refractivity contribution in [2.75, 3.05) is 20.5 Å². The van der Waals surface area contributed by atoms with Gasteiger partial charge in [-0.05, 0) is 62.6 Å². The van der Waals surface area contributed by atoms with Gasteiger partial charge in [-0.15, -0.1) is 0 Å². The second kappa shape index (κ2) is 9.94. The summed E-state index contributed by atoms with van der Waals surface area (Å²) in [6, 6.07) is 12.3. The number of sulfonamides is 2. The summed E-state index contributed by atoms with van der Waals surface area (Å²) in [6.07, 6.45) is 0.976. The van der Waals surface area contributed by atoms with Gasteiger partial charge in [0.05, 0.1) is 28.1 Å². The van der Waals surface area contributed by atoms with E-state index < -0.39 is 36.9 Å². The molecule has 12 heteroatoms. The Morgan fingerprint density at radius 1 is 0.944 bits per heavy atom. The molecule has 192 valence electrons. The fourth-order valence-electron chi connectivity index (χ4n) is 3.34. The maximum atomic E-state index is 14.6. The molecule has 3 aromatic rings. The zero-order valence-electron chi connectivity index (χ0n) is 19.5. The standard InChI is InChI=1S/C24H25F2N3O5S2/c1-3-35(30,31)28-17-5-4-6-18(14-17)34-23-13-16(25)12-22(24(23)29-36(32,33)19-8-9-19)27-21-10-7-15(2)11-20(21)26/h4-7,10-14,19,27-29H,3,8-9H2,1-2H3.